The number of imide groups is 1. The van der Waals surface area contributed by atoms with Crippen LogP contribution in [0.3, 0.4) is 0 Å². The van der Waals surface area contributed by atoms with Gasteiger partial charge < -0.3 is 9.64 Å². The number of hydrogen-bond acceptors (Lipinski definition) is 4. The van der Waals surface area contributed by atoms with Crippen LogP contribution in [-0.2, 0) is 4.79 Å². The number of ether oxygens (including phenoxy) is 1. The zero-order valence-corrected chi connectivity index (χ0v) is 11.4. The topological polar surface area (TPSA) is 49.9 Å². The number of fused-ring (bicyclic) bond motifs is 1. The summed E-state index contributed by atoms with van der Waals surface area (Å²) in [7, 11) is 1.58. The molecule has 3 rings (SSSR count). The third-order valence-electron chi connectivity index (χ3n) is 3.40. The largest absolute Gasteiger partial charge is 0.497 e. The molecule has 1 atom stereocenters. The normalized spacial score (nSPS) is 22.7. The van der Waals surface area contributed by atoms with Gasteiger partial charge in [0.1, 0.15) is 11.8 Å². The van der Waals surface area contributed by atoms with Gasteiger partial charge in [-0.2, -0.15) is 11.8 Å². The Balaban J connectivity index is 1.91. The molecule has 0 saturated carbocycles. The lowest BCUT2D eigenvalue weighted by Crippen LogP contribution is -2.41. The maximum atomic E-state index is 12.3. The van der Waals surface area contributed by atoms with Gasteiger partial charge in [-0.25, -0.2) is 9.69 Å². The number of carbonyl (C=O) groups excluding carboxylic acids is 2. The quantitative estimate of drug-likeness (QED) is 0.771. The fourth-order valence-electron chi connectivity index (χ4n) is 2.38. The Bertz CT molecular complexity index is 493. The molecule has 100 valence electrons. The van der Waals surface area contributed by atoms with Crippen LogP contribution in [0.1, 0.15) is 0 Å². The highest BCUT2D eigenvalue weighted by atomic mass is 32.2. The lowest BCUT2D eigenvalue weighted by Gasteiger charge is -2.25. The molecule has 2 heterocycles. The smallest absolute Gasteiger partial charge is 0.332 e. The van der Waals surface area contributed by atoms with E-state index in [1.807, 2.05) is 0 Å². The van der Waals surface area contributed by atoms with Crippen LogP contribution in [0, 0.1) is 0 Å². The molecule has 1 aromatic carbocycles. The Labute approximate surface area is 115 Å². The van der Waals surface area contributed by atoms with Crippen molar-refractivity contribution in [1.82, 2.24) is 4.90 Å². The van der Waals surface area contributed by atoms with Gasteiger partial charge in [0.25, 0.3) is 5.91 Å². The van der Waals surface area contributed by atoms with Gasteiger partial charge in [0.15, 0.2) is 0 Å². The first-order chi connectivity index (χ1) is 9.22. The van der Waals surface area contributed by atoms with Gasteiger partial charge in [0, 0.05) is 18.1 Å². The van der Waals surface area contributed by atoms with Crippen molar-refractivity contribution in [2.24, 2.45) is 0 Å². The molecule has 0 bridgehead atoms. The van der Waals surface area contributed by atoms with Gasteiger partial charge in [0.05, 0.1) is 12.8 Å². The van der Waals surface area contributed by atoms with Crippen LogP contribution in [0.2, 0.25) is 0 Å². The Morgan fingerprint density at radius 1 is 1.26 bits per heavy atom. The summed E-state index contributed by atoms with van der Waals surface area (Å²) in [6.07, 6.45) is 0. The molecule has 0 aromatic heterocycles. The Kier molecular flexibility index (Phi) is 3.10. The molecule has 2 aliphatic rings. The van der Waals surface area contributed by atoms with E-state index in [9.17, 15) is 9.59 Å². The van der Waals surface area contributed by atoms with Crippen LogP contribution < -0.4 is 9.64 Å². The van der Waals surface area contributed by atoms with E-state index >= 15 is 0 Å². The average molecular weight is 278 g/mol. The number of rotatable bonds is 2. The predicted molar refractivity (Wildman–Crippen MR) is 73.7 cm³/mol. The highest BCUT2D eigenvalue weighted by Crippen LogP contribution is 2.30. The molecular formula is C13H14N2O3S. The summed E-state index contributed by atoms with van der Waals surface area (Å²) in [5.74, 6) is 2.17. The van der Waals surface area contributed by atoms with Gasteiger partial charge >= 0.3 is 6.03 Å². The molecule has 2 fully saturated rings. The number of hydrogen-bond donors (Lipinski definition) is 0. The molecule has 0 N–H and O–H groups in total. The average Bonchev–Trinajstić information content (AvgIpc) is 2.72. The summed E-state index contributed by atoms with van der Waals surface area (Å²) < 4.78 is 5.08. The monoisotopic (exact) mass is 278 g/mol. The van der Waals surface area contributed by atoms with Crippen molar-refractivity contribution in [1.29, 1.82) is 0 Å². The minimum absolute atomic E-state index is 0.123. The maximum absolute atomic E-state index is 12.3. The van der Waals surface area contributed by atoms with E-state index in [1.165, 1.54) is 4.90 Å². The standard InChI is InChI=1S/C13H14N2O3S/c1-18-10-4-2-9(3-5-10)15-12(16)11-8-19-7-6-14(11)13(15)17/h2-5,11H,6-8H2,1H3. The Hall–Kier alpha value is -1.69. The third kappa shape index (κ3) is 1.96. The second-order valence-electron chi connectivity index (χ2n) is 4.44. The van der Waals surface area contributed by atoms with Gasteiger partial charge in [-0.05, 0) is 24.3 Å². The van der Waals surface area contributed by atoms with Crippen LogP contribution in [0.4, 0.5) is 10.5 Å². The van der Waals surface area contributed by atoms with Crippen LogP contribution in [-0.4, -0.2) is 48.0 Å². The highest BCUT2D eigenvalue weighted by molar-refractivity contribution is 7.99. The number of methoxy groups -OCH3 is 1. The number of benzene rings is 1. The van der Waals surface area contributed by atoms with E-state index < -0.39 is 0 Å². The molecule has 6 heteroatoms. The number of urea groups is 1. The molecular weight excluding hydrogens is 264 g/mol. The Morgan fingerprint density at radius 2 is 2.00 bits per heavy atom. The van der Waals surface area contributed by atoms with Crippen molar-refractivity contribution in [3.05, 3.63) is 24.3 Å². The Morgan fingerprint density at radius 3 is 2.63 bits per heavy atom. The fourth-order valence-corrected chi connectivity index (χ4v) is 3.42. The van der Waals surface area contributed by atoms with Crippen LogP contribution in [0.15, 0.2) is 24.3 Å². The number of anilines is 1. The molecule has 0 spiro atoms. The minimum Gasteiger partial charge on any atom is -0.497 e. The highest BCUT2D eigenvalue weighted by Gasteiger charge is 2.46. The van der Waals surface area contributed by atoms with Crippen molar-refractivity contribution in [3.8, 4) is 5.75 Å². The number of thioether (sulfide) groups is 1. The van der Waals surface area contributed by atoms with Crippen molar-refractivity contribution in [3.63, 3.8) is 0 Å². The predicted octanol–water partition coefficient (Wildman–Crippen LogP) is 1.58. The molecule has 3 amide bonds. The van der Waals surface area contributed by atoms with Gasteiger partial charge in [-0.15, -0.1) is 0 Å². The summed E-state index contributed by atoms with van der Waals surface area (Å²) in [6, 6.07) is 6.47. The van der Waals surface area contributed by atoms with E-state index in [0.29, 0.717) is 23.7 Å². The van der Waals surface area contributed by atoms with Crippen LogP contribution >= 0.6 is 11.8 Å². The minimum atomic E-state index is -0.298. The first-order valence-electron chi connectivity index (χ1n) is 6.09. The first kappa shape index (κ1) is 12.3. The molecule has 1 aromatic rings. The SMILES string of the molecule is COc1ccc(N2C(=O)C3CSCCN3C2=O)cc1. The fraction of sp³-hybridized carbons (Fsp3) is 0.385. The summed E-state index contributed by atoms with van der Waals surface area (Å²) in [5.41, 5.74) is 0.607. The molecule has 0 radical (unpaired) electrons. The number of nitrogens with zero attached hydrogens (tertiary/aromatic N) is 2. The lowest BCUT2D eigenvalue weighted by molar-refractivity contribution is -0.119. The number of carbonyl (C=O) groups is 2. The second-order valence-corrected chi connectivity index (χ2v) is 5.59. The van der Waals surface area contributed by atoms with Crippen LogP contribution in [0.5, 0.6) is 5.75 Å². The summed E-state index contributed by atoms with van der Waals surface area (Å²) >= 11 is 1.72. The summed E-state index contributed by atoms with van der Waals surface area (Å²) in [6.45, 7) is 0.645. The number of amides is 3. The van der Waals surface area contributed by atoms with Gasteiger partial charge in [-0.3, -0.25) is 4.79 Å². The van der Waals surface area contributed by atoms with E-state index in [-0.39, 0.29) is 18.0 Å². The zero-order valence-electron chi connectivity index (χ0n) is 10.5. The summed E-state index contributed by atoms with van der Waals surface area (Å²) in [5, 5.41) is 0. The lowest BCUT2D eigenvalue weighted by atomic mass is 10.2. The second kappa shape index (κ2) is 4.77. The van der Waals surface area contributed by atoms with Crippen molar-refractivity contribution < 1.29 is 14.3 Å². The van der Waals surface area contributed by atoms with E-state index in [1.54, 1.807) is 48.0 Å². The van der Waals surface area contributed by atoms with Crippen molar-refractivity contribution in [2.45, 2.75) is 6.04 Å². The molecule has 1 unspecified atom stereocenters. The molecule has 5 nitrogen and oxygen atoms in total. The summed E-state index contributed by atoms with van der Waals surface area (Å²) in [4.78, 5) is 27.6. The van der Waals surface area contributed by atoms with Crippen molar-refractivity contribution >= 4 is 29.4 Å². The van der Waals surface area contributed by atoms with Gasteiger partial charge in [-0.1, -0.05) is 0 Å². The molecule has 2 aliphatic heterocycles. The van der Waals surface area contributed by atoms with Crippen molar-refractivity contribution in [2.75, 3.05) is 30.1 Å². The van der Waals surface area contributed by atoms with E-state index in [0.717, 1.165) is 5.75 Å². The first-order valence-corrected chi connectivity index (χ1v) is 7.24. The van der Waals surface area contributed by atoms with E-state index in [2.05, 4.69) is 0 Å². The third-order valence-corrected chi connectivity index (χ3v) is 4.42. The van der Waals surface area contributed by atoms with E-state index in [4.69, 9.17) is 4.74 Å². The molecule has 2 saturated heterocycles. The molecule has 19 heavy (non-hydrogen) atoms. The molecule has 0 aliphatic carbocycles. The zero-order chi connectivity index (χ0) is 13.4. The van der Waals surface area contributed by atoms with Gasteiger partial charge in [0.2, 0.25) is 0 Å². The van der Waals surface area contributed by atoms with Crippen LogP contribution in [0.25, 0.3) is 0 Å². The maximum Gasteiger partial charge on any atom is 0.332 e.